The van der Waals surface area contributed by atoms with Crippen molar-refractivity contribution >= 4 is 17.3 Å². The van der Waals surface area contributed by atoms with E-state index in [-0.39, 0.29) is 0 Å². The zero-order chi connectivity index (χ0) is 14.7. The zero-order valence-electron chi connectivity index (χ0n) is 11.7. The number of halogens is 1. The molecule has 1 aromatic carbocycles. The first kappa shape index (κ1) is 13.7. The van der Waals surface area contributed by atoms with Gasteiger partial charge in [-0.15, -0.1) is 0 Å². The Hall–Kier alpha value is -2.27. The second-order valence-corrected chi connectivity index (χ2v) is 5.09. The first-order chi connectivity index (χ1) is 10.3. The van der Waals surface area contributed by atoms with Gasteiger partial charge in [0.2, 0.25) is 0 Å². The van der Waals surface area contributed by atoms with Crippen molar-refractivity contribution in [1.29, 1.82) is 0 Å². The number of hydrogen-bond donors (Lipinski definition) is 2. The number of para-hydroxylation sites is 1. The highest BCUT2D eigenvalue weighted by atomic mass is 35.5. The fraction of sp³-hybridized carbons (Fsp3) is 0.200. The topological polar surface area (TPSA) is 58.5 Å². The Labute approximate surface area is 127 Å². The van der Waals surface area contributed by atoms with E-state index < -0.39 is 0 Å². The fourth-order valence-corrected chi connectivity index (χ4v) is 2.48. The van der Waals surface area contributed by atoms with Gasteiger partial charge in [0.15, 0.2) is 0 Å². The Balaban J connectivity index is 1.88. The maximum absolute atomic E-state index is 6.26. The molecule has 0 radical (unpaired) electrons. The third kappa shape index (κ3) is 2.78. The second-order valence-electron chi connectivity index (χ2n) is 4.68. The van der Waals surface area contributed by atoms with Crippen LogP contribution in [0.1, 0.15) is 18.2 Å². The standard InChI is InChI=1S/C15H16ClN5/c1-2-14-13(17-7-11-8-18-19-9-11)10-20-21(14)15-6-4-3-5-12(15)16/h3-6,8-10,17H,2,7H2,1H3,(H,18,19). The fourth-order valence-electron chi connectivity index (χ4n) is 2.26. The van der Waals surface area contributed by atoms with Gasteiger partial charge < -0.3 is 5.32 Å². The van der Waals surface area contributed by atoms with Crippen molar-refractivity contribution in [2.75, 3.05) is 5.32 Å². The van der Waals surface area contributed by atoms with E-state index in [1.54, 1.807) is 6.20 Å². The molecule has 0 aliphatic rings. The van der Waals surface area contributed by atoms with Crippen LogP contribution in [-0.4, -0.2) is 20.0 Å². The average Bonchev–Trinajstić information content (AvgIpc) is 3.14. The van der Waals surface area contributed by atoms with Gasteiger partial charge in [-0.2, -0.15) is 10.2 Å². The summed E-state index contributed by atoms with van der Waals surface area (Å²) in [5.74, 6) is 0. The summed E-state index contributed by atoms with van der Waals surface area (Å²) in [6.45, 7) is 2.81. The summed E-state index contributed by atoms with van der Waals surface area (Å²) >= 11 is 6.26. The minimum Gasteiger partial charge on any atom is -0.378 e. The molecule has 2 aromatic heterocycles. The zero-order valence-corrected chi connectivity index (χ0v) is 12.4. The second kappa shape index (κ2) is 6.01. The molecule has 21 heavy (non-hydrogen) atoms. The Morgan fingerprint density at radius 2 is 2.14 bits per heavy atom. The molecule has 0 aliphatic heterocycles. The number of H-pyrrole nitrogens is 1. The quantitative estimate of drug-likeness (QED) is 0.759. The number of aromatic nitrogens is 4. The molecule has 108 valence electrons. The molecular formula is C15H16ClN5. The number of anilines is 1. The number of benzene rings is 1. The number of hydrogen-bond acceptors (Lipinski definition) is 3. The molecule has 5 nitrogen and oxygen atoms in total. The molecule has 0 saturated carbocycles. The van der Waals surface area contributed by atoms with Crippen molar-refractivity contribution in [3.8, 4) is 5.69 Å². The van der Waals surface area contributed by atoms with Crippen molar-refractivity contribution in [1.82, 2.24) is 20.0 Å². The number of aromatic amines is 1. The van der Waals surface area contributed by atoms with E-state index in [0.717, 1.165) is 29.1 Å². The summed E-state index contributed by atoms with van der Waals surface area (Å²) in [4.78, 5) is 0. The Morgan fingerprint density at radius 3 is 2.86 bits per heavy atom. The Morgan fingerprint density at radius 1 is 1.29 bits per heavy atom. The van der Waals surface area contributed by atoms with Crippen molar-refractivity contribution in [3.63, 3.8) is 0 Å². The number of nitrogens with zero attached hydrogens (tertiary/aromatic N) is 3. The first-order valence-corrected chi connectivity index (χ1v) is 7.20. The lowest BCUT2D eigenvalue weighted by atomic mass is 10.2. The van der Waals surface area contributed by atoms with E-state index in [9.17, 15) is 0 Å². The smallest absolute Gasteiger partial charge is 0.0835 e. The highest BCUT2D eigenvalue weighted by Gasteiger charge is 2.12. The van der Waals surface area contributed by atoms with E-state index in [4.69, 9.17) is 11.6 Å². The molecule has 2 N–H and O–H groups in total. The minimum absolute atomic E-state index is 0.691. The van der Waals surface area contributed by atoms with Gasteiger partial charge in [-0.25, -0.2) is 4.68 Å². The molecule has 2 heterocycles. The molecule has 0 amide bonds. The molecule has 3 rings (SSSR count). The van der Waals surface area contributed by atoms with Crippen molar-refractivity contribution in [2.24, 2.45) is 0 Å². The summed E-state index contributed by atoms with van der Waals surface area (Å²) < 4.78 is 1.89. The predicted octanol–water partition coefficient (Wildman–Crippen LogP) is 3.42. The maximum atomic E-state index is 6.26. The van der Waals surface area contributed by atoms with E-state index in [1.165, 1.54) is 0 Å². The Kier molecular flexibility index (Phi) is 3.92. The lowest BCUT2D eigenvalue weighted by molar-refractivity contribution is 0.814. The van der Waals surface area contributed by atoms with Gasteiger partial charge in [0.1, 0.15) is 0 Å². The molecule has 6 heteroatoms. The minimum atomic E-state index is 0.691. The highest BCUT2D eigenvalue weighted by Crippen LogP contribution is 2.25. The molecule has 3 aromatic rings. The van der Waals surface area contributed by atoms with Crippen molar-refractivity contribution < 1.29 is 0 Å². The molecule has 0 bridgehead atoms. The molecule has 0 fully saturated rings. The first-order valence-electron chi connectivity index (χ1n) is 6.83. The monoisotopic (exact) mass is 301 g/mol. The molecule has 0 atom stereocenters. The van der Waals surface area contributed by atoms with Crippen molar-refractivity contribution in [3.05, 3.63) is 59.1 Å². The van der Waals surface area contributed by atoms with Gasteiger partial charge in [0, 0.05) is 18.3 Å². The van der Waals surface area contributed by atoms with Crippen LogP contribution in [0.4, 0.5) is 5.69 Å². The third-order valence-corrected chi connectivity index (χ3v) is 3.64. The van der Waals surface area contributed by atoms with Gasteiger partial charge in [-0.05, 0) is 18.6 Å². The SMILES string of the molecule is CCc1c(NCc2cn[nH]c2)cnn1-c1ccccc1Cl. The largest absolute Gasteiger partial charge is 0.378 e. The van der Waals surface area contributed by atoms with E-state index in [2.05, 4.69) is 27.5 Å². The van der Waals surface area contributed by atoms with Gasteiger partial charge in [0.05, 0.1) is 34.5 Å². The lowest BCUT2D eigenvalue weighted by Crippen LogP contribution is -2.05. The summed E-state index contributed by atoms with van der Waals surface area (Å²) in [5.41, 5.74) is 4.11. The van der Waals surface area contributed by atoms with Gasteiger partial charge in [0.25, 0.3) is 0 Å². The molecule has 0 unspecified atom stereocenters. The van der Waals surface area contributed by atoms with E-state index in [1.807, 2.05) is 41.3 Å². The maximum Gasteiger partial charge on any atom is 0.0835 e. The van der Waals surface area contributed by atoms with Crippen LogP contribution in [0.3, 0.4) is 0 Å². The van der Waals surface area contributed by atoms with E-state index in [0.29, 0.717) is 11.6 Å². The summed E-state index contributed by atoms with van der Waals surface area (Å²) in [5, 5.41) is 15.3. The average molecular weight is 302 g/mol. The van der Waals surface area contributed by atoms with E-state index >= 15 is 0 Å². The molecule has 0 spiro atoms. The van der Waals surface area contributed by atoms with Crippen LogP contribution in [0.15, 0.2) is 42.9 Å². The highest BCUT2D eigenvalue weighted by molar-refractivity contribution is 6.32. The predicted molar refractivity (Wildman–Crippen MR) is 83.9 cm³/mol. The number of rotatable bonds is 5. The normalized spacial score (nSPS) is 10.8. The summed E-state index contributed by atoms with van der Waals surface area (Å²) in [6.07, 6.45) is 6.37. The van der Waals surface area contributed by atoms with Crippen LogP contribution in [0.2, 0.25) is 5.02 Å². The third-order valence-electron chi connectivity index (χ3n) is 3.32. The van der Waals surface area contributed by atoms with Gasteiger partial charge in [-0.1, -0.05) is 30.7 Å². The Bertz CT molecular complexity index is 718. The van der Waals surface area contributed by atoms with Crippen LogP contribution >= 0.6 is 11.6 Å². The van der Waals surface area contributed by atoms with Gasteiger partial charge >= 0.3 is 0 Å². The summed E-state index contributed by atoms with van der Waals surface area (Å²) in [6, 6.07) is 7.71. The molecule has 0 saturated heterocycles. The molecular weight excluding hydrogens is 286 g/mol. The van der Waals surface area contributed by atoms with Crippen LogP contribution in [0, 0.1) is 0 Å². The van der Waals surface area contributed by atoms with Crippen molar-refractivity contribution in [2.45, 2.75) is 19.9 Å². The lowest BCUT2D eigenvalue weighted by Gasteiger charge is -2.10. The van der Waals surface area contributed by atoms with Crippen LogP contribution in [-0.2, 0) is 13.0 Å². The molecule has 0 aliphatic carbocycles. The summed E-state index contributed by atoms with van der Waals surface area (Å²) in [7, 11) is 0. The number of nitrogens with one attached hydrogen (secondary N) is 2. The van der Waals surface area contributed by atoms with Crippen LogP contribution < -0.4 is 5.32 Å². The van der Waals surface area contributed by atoms with Crippen LogP contribution in [0.5, 0.6) is 0 Å². The van der Waals surface area contributed by atoms with Gasteiger partial charge in [-0.3, -0.25) is 5.10 Å². The van der Waals surface area contributed by atoms with Crippen LogP contribution in [0.25, 0.3) is 5.69 Å².